The van der Waals surface area contributed by atoms with Gasteiger partial charge in [0, 0.05) is 25.2 Å². The molecule has 0 aromatic heterocycles. The van der Waals surface area contributed by atoms with E-state index in [-0.39, 0.29) is 23.8 Å². The van der Waals surface area contributed by atoms with Crippen molar-refractivity contribution in [3.8, 4) is 0 Å². The molecule has 7 nitrogen and oxygen atoms in total. The van der Waals surface area contributed by atoms with E-state index in [0.29, 0.717) is 23.9 Å². The summed E-state index contributed by atoms with van der Waals surface area (Å²) in [5, 5.41) is 13.5. The summed E-state index contributed by atoms with van der Waals surface area (Å²) in [6.07, 6.45) is 0.0327. The Labute approximate surface area is 144 Å². The summed E-state index contributed by atoms with van der Waals surface area (Å²) in [5.74, 6) is -1.70. The first-order valence-corrected chi connectivity index (χ1v) is 8.48. The van der Waals surface area contributed by atoms with Crippen LogP contribution in [0.2, 0.25) is 0 Å². The average molecular weight is 348 g/mol. The average Bonchev–Trinajstić information content (AvgIpc) is 2.83. The number of thioether (sulfide) groups is 1. The molecule has 128 valence electrons. The van der Waals surface area contributed by atoms with Crippen LogP contribution in [0.15, 0.2) is 29.3 Å². The largest absolute Gasteiger partial charge is 0.545 e. The second-order valence-electron chi connectivity index (χ2n) is 5.06. The summed E-state index contributed by atoms with van der Waals surface area (Å²) in [6.45, 7) is 4.86. The number of carbonyl (C=O) groups excluding carboxylic acids is 3. The molecule has 1 fully saturated rings. The number of aliphatic imine (C=N–C) groups is 1. The van der Waals surface area contributed by atoms with E-state index in [1.165, 1.54) is 36.0 Å². The van der Waals surface area contributed by atoms with E-state index in [4.69, 9.17) is 0 Å². The van der Waals surface area contributed by atoms with Gasteiger partial charge in [0.1, 0.15) is 5.25 Å². The Morgan fingerprint density at radius 1 is 1.29 bits per heavy atom. The van der Waals surface area contributed by atoms with Crippen molar-refractivity contribution in [3.63, 3.8) is 0 Å². The predicted octanol–water partition coefficient (Wildman–Crippen LogP) is 0.718. The Hall–Kier alpha value is -2.35. The summed E-state index contributed by atoms with van der Waals surface area (Å²) < 4.78 is 0. The van der Waals surface area contributed by atoms with E-state index in [1.807, 2.05) is 13.8 Å². The number of hydrogen-bond donors (Lipinski definition) is 1. The van der Waals surface area contributed by atoms with Crippen LogP contribution in [0.25, 0.3) is 0 Å². The van der Waals surface area contributed by atoms with Crippen molar-refractivity contribution >= 4 is 40.4 Å². The number of rotatable bonds is 6. The van der Waals surface area contributed by atoms with Crippen molar-refractivity contribution < 1.29 is 19.5 Å². The lowest BCUT2D eigenvalue weighted by Crippen LogP contribution is -2.33. The van der Waals surface area contributed by atoms with E-state index in [2.05, 4.69) is 10.3 Å². The van der Waals surface area contributed by atoms with Gasteiger partial charge in [-0.1, -0.05) is 23.9 Å². The standard InChI is InChI=1S/C16H19N3O4S/c1-3-17-16-19(4-2)14(21)12(24-16)9-13(20)18-11-7-5-10(6-8-11)15(22)23/h5-8,12H,3-4,9H2,1-2H3,(H,18,20)(H,22,23)/p-1/t12-/m1/s1. The smallest absolute Gasteiger partial charge is 0.242 e. The minimum Gasteiger partial charge on any atom is -0.545 e. The number of amides is 2. The molecule has 1 heterocycles. The zero-order valence-corrected chi connectivity index (χ0v) is 14.3. The summed E-state index contributed by atoms with van der Waals surface area (Å²) >= 11 is 1.30. The third kappa shape index (κ3) is 4.14. The molecule has 1 atom stereocenters. The van der Waals surface area contributed by atoms with Gasteiger partial charge in [-0.05, 0) is 31.5 Å². The molecule has 0 aliphatic carbocycles. The maximum atomic E-state index is 12.3. The number of nitrogens with one attached hydrogen (secondary N) is 1. The summed E-state index contributed by atoms with van der Waals surface area (Å²) in [7, 11) is 0. The molecule has 0 bridgehead atoms. The molecule has 0 saturated carbocycles. The van der Waals surface area contributed by atoms with Gasteiger partial charge in [-0.25, -0.2) is 0 Å². The van der Waals surface area contributed by atoms with E-state index >= 15 is 0 Å². The minimum absolute atomic E-state index is 0.0327. The number of anilines is 1. The third-order valence-corrected chi connectivity index (χ3v) is 4.62. The Kier molecular flexibility index (Phi) is 5.97. The van der Waals surface area contributed by atoms with Crippen molar-refractivity contribution in [2.24, 2.45) is 4.99 Å². The maximum absolute atomic E-state index is 12.3. The lowest BCUT2D eigenvalue weighted by Gasteiger charge is -2.13. The SMILES string of the molecule is CCN=C1S[C@H](CC(=O)Nc2ccc(C(=O)[O-])cc2)C(=O)N1CC. The number of amidine groups is 1. The summed E-state index contributed by atoms with van der Waals surface area (Å²) in [4.78, 5) is 41.0. The molecular weight excluding hydrogens is 330 g/mol. The lowest BCUT2D eigenvalue weighted by atomic mass is 10.2. The van der Waals surface area contributed by atoms with Crippen LogP contribution < -0.4 is 10.4 Å². The van der Waals surface area contributed by atoms with Gasteiger partial charge in [-0.3, -0.25) is 19.5 Å². The predicted molar refractivity (Wildman–Crippen MR) is 90.8 cm³/mol. The minimum atomic E-state index is -1.27. The van der Waals surface area contributed by atoms with Crippen LogP contribution in [0, 0.1) is 0 Å². The van der Waals surface area contributed by atoms with Crippen molar-refractivity contribution in [2.45, 2.75) is 25.5 Å². The normalized spacial score (nSPS) is 18.9. The topological polar surface area (TPSA) is 102 Å². The quantitative estimate of drug-likeness (QED) is 0.816. The molecule has 1 N–H and O–H groups in total. The van der Waals surface area contributed by atoms with Gasteiger partial charge >= 0.3 is 0 Å². The number of carboxylic acids is 1. The molecule has 0 radical (unpaired) electrons. The molecule has 1 aliphatic heterocycles. The Morgan fingerprint density at radius 2 is 1.96 bits per heavy atom. The highest BCUT2D eigenvalue weighted by molar-refractivity contribution is 8.15. The van der Waals surface area contributed by atoms with Crippen molar-refractivity contribution in [1.29, 1.82) is 0 Å². The molecule has 0 unspecified atom stereocenters. The molecule has 2 rings (SSSR count). The van der Waals surface area contributed by atoms with E-state index in [0.717, 1.165) is 0 Å². The Morgan fingerprint density at radius 3 is 2.50 bits per heavy atom. The van der Waals surface area contributed by atoms with Crippen LogP contribution in [-0.2, 0) is 9.59 Å². The van der Waals surface area contributed by atoms with Crippen molar-refractivity contribution in [2.75, 3.05) is 18.4 Å². The molecule has 0 spiro atoms. The van der Waals surface area contributed by atoms with Crippen molar-refractivity contribution in [3.05, 3.63) is 29.8 Å². The number of nitrogens with zero attached hydrogens (tertiary/aromatic N) is 2. The molecule has 1 saturated heterocycles. The zero-order chi connectivity index (χ0) is 17.7. The van der Waals surface area contributed by atoms with Crippen molar-refractivity contribution in [1.82, 2.24) is 4.90 Å². The van der Waals surface area contributed by atoms with Gasteiger partial charge in [0.15, 0.2) is 5.17 Å². The van der Waals surface area contributed by atoms with Crippen LogP contribution in [0.3, 0.4) is 0 Å². The number of benzene rings is 1. The van der Waals surface area contributed by atoms with Gasteiger partial charge in [-0.15, -0.1) is 0 Å². The van der Waals surface area contributed by atoms with Crippen LogP contribution in [0.1, 0.15) is 30.6 Å². The fraction of sp³-hybridized carbons (Fsp3) is 0.375. The highest BCUT2D eigenvalue weighted by Gasteiger charge is 2.37. The maximum Gasteiger partial charge on any atom is 0.242 e. The molecule has 24 heavy (non-hydrogen) atoms. The molecule has 1 aromatic rings. The second-order valence-corrected chi connectivity index (χ2v) is 6.23. The Bertz CT molecular complexity index is 672. The molecule has 2 amide bonds. The molecule has 1 aromatic carbocycles. The number of carboxylic acid groups (broad SMARTS) is 1. The molecule has 8 heteroatoms. The third-order valence-electron chi connectivity index (χ3n) is 3.40. The summed E-state index contributed by atoms with van der Waals surface area (Å²) in [5.41, 5.74) is 0.503. The monoisotopic (exact) mass is 348 g/mol. The first kappa shape index (κ1) is 18.0. The van der Waals surface area contributed by atoms with E-state index in [1.54, 1.807) is 4.90 Å². The number of aromatic carboxylic acids is 1. The molecule has 1 aliphatic rings. The summed E-state index contributed by atoms with van der Waals surface area (Å²) in [6, 6.07) is 5.67. The van der Waals surface area contributed by atoms with Gasteiger partial charge in [0.25, 0.3) is 0 Å². The number of carbonyl (C=O) groups is 3. The van der Waals surface area contributed by atoms with Crippen LogP contribution in [0.4, 0.5) is 5.69 Å². The highest BCUT2D eigenvalue weighted by atomic mass is 32.2. The van der Waals surface area contributed by atoms with E-state index in [9.17, 15) is 19.5 Å². The Balaban J connectivity index is 1.98. The van der Waals surface area contributed by atoms with Crippen LogP contribution in [0.5, 0.6) is 0 Å². The zero-order valence-electron chi connectivity index (χ0n) is 13.4. The lowest BCUT2D eigenvalue weighted by molar-refractivity contribution is -0.255. The van der Waals surface area contributed by atoms with Gasteiger partial charge in [0.2, 0.25) is 11.8 Å². The highest BCUT2D eigenvalue weighted by Crippen LogP contribution is 2.29. The first-order valence-electron chi connectivity index (χ1n) is 7.60. The first-order chi connectivity index (χ1) is 11.5. The van der Waals surface area contributed by atoms with E-state index < -0.39 is 11.2 Å². The fourth-order valence-corrected chi connectivity index (χ4v) is 3.52. The van der Waals surface area contributed by atoms with Gasteiger partial charge in [0.05, 0.1) is 5.97 Å². The van der Waals surface area contributed by atoms with Crippen LogP contribution in [-0.4, -0.2) is 46.2 Å². The van der Waals surface area contributed by atoms with Gasteiger partial charge < -0.3 is 15.2 Å². The van der Waals surface area contributed by atoms with Crippen LogP contribution >= 0.6 is 11.8 Å². The second kappa shape index (κ2) is 7.96. The number of hydrogen-bond acceptors (Lipinski definition) is 6. The molecular formula is C16H18N3O4S-. The van der Waals surface area contributed by atoms with Gasteiger partial charge in [-0.2, -0.15) is 0 Å². The fourth-order valence-electron chi connectivity index (χ4n) is 2.26.